The lowest BCUT2D eigenvalue weighted by Crippen LogP contribution is -2.60. The summed E-state index contributed by atoms with van der Waals surface area (Å²) in [6.45, 7) is 14.8. The number of carboxylic acid groups (broad SMARTS) is 1. The summed E-state index contributed by atoms with van der Waals surface area (Å²) in [5, 5.41) is 15.3. The molecule has 75 heavy (non-hydrogen) atoms. The Morgan fingerprint density at radius 3 is 2.23 bits per heavy atom. The Morgan fingerprint density at radius 2 is 1.61 bits per heavy atom. The minimum atomic E-state index is -1.16. The van der Waals surface area contributed by atoms with Gasteiger partial charge in [-0.15, -0.1) is 11.8 Å². The number of ether oxygens (including phenoxy) is 2. The van der Waals surface area contributed by atoms with Crippen molar-refractivity contribution in [2.75, 3.05) is 53.7 Å². The summed E-state index contributed by atoms with van der Waals surface area (Å²) in [5.74, 6) is -4.81. The number of aromatic amines is 1. The number of imide groups is 1. The summed E-state index contributed by atoms with van der Waals surface area (Å²) in [6.07, 6.45) is 5.43. The first-order chi connectivity index (χ1) is 35.5. The third-order valence-corrected chi connectivity index (χ3v) is 16.6. The first kappa shape index (κ1) is 62.4. The van der Waals surface area contributed by atoms with Gasteiger partial charge in [0.1, 0.15) is 18.1 Å². The molecular formula is C54H87N9O11S. The van der Waals surface area contributed by atoms with E-state index in [4.69, 9.17) is 26.0 Å². The number of carbonyl (C=O) groups is 8. The molecule has 3 heterocycles. The predicted molar refractivity (Wildman–Crippen MR) is 289 cm³/mol. The number of primary amides is 1. The molecule has 4 rings (SSSR count). The van der Waals surface area contributed by atoms with Crippen LogP contribution in [0.1, 0.15) is 112 Å². The standard InChI is InChI=1S/C54H87N9O11S/c1-12-33(6)47(41(73-10)27-43(64)62-25-19-22-40(62)48(74-11)34(7)50(67)58-39(49(56)66)26-35-29-57-38-21-16-15-20-36(35)38)61(9)53(70)45(31(2)3)59-51(68)46(32(4)5)60(8)23-17-13-14-18-24-63-44(65)28-42(52(63)69)75-30-37(55)54(71)72/h15-16,20-21,29,31-34,37,39-42,45-48,57H,12-14,17-19,22-28,30,55H2,1-11H3,(H2,56,66)(H,58,67)(H,59,68)(H,71,72)/t33?,34?,37?,39?,40-,41?,42?,45?,46?,47?,48?/m0/s1. The fourth-order valence-corrected chi connectivity index (χ4v) is 11.9. The lowest BCUT2D eigenvalue weighted by Gasteiger charge is -2.41. The zero-order chi connectivity index (χ0) is 55.8. The van der Waals surface area contributed by atoms with Crippen molar-refractivity contribution in [1.29, 1.82) is 0 Å². The third kappa shape index (κ3) is 16.5. The van der Waals surface area contributed by atoms with Crippen molar-refractivity contribution in [3.05, 3.63) is 36.0 Å². The van der Waals surface area contributed by atoms with E-state index in [0.717, 1.165) is 47.5 Å². The van der Waals surface area contributed by atoms with Crippen LogP contribution >= 0.6 is 11.8 Å². The SMILES string of the molecule is CCC(C)C(C(CC(=O)N1CCC[C@H]1C(OC)C(C)C(=O)NC(Cc1c[nH]c2ccccc12)C(N)=O)OC)N(C)C(=O)C(NC(=O)C(C(C)C)N(C)CCCCCCN1C(=O)CC(SCC(N)C(=O)O)C1=O)C(C)C. The number of nitrogens with one attached hydrogen (secondary N) is 3. The van der Waals surface area contributed by atoms with Gasteiger partial charge in [-0.05, 0) is 68.7 Å². The lowest BCUT2D eigenvalue weighted by molar-refractivity contribution is -0.148. The van der Waals surface area contributed by atoms with Gasteiger partial charge in [0, 0.05) is 70.1 Å². The van der Waals surface area contributed by atoms with Crippen molar-refractivity contribution in [3.8, 4) is 0 Å². The van der Waals surface area contributed by atoms with Gasteiger partial charge >= 0.3 is 5.97 Å². The highest BCUT2D eigenvalue weighted by molar-refractivity contribution is 8.00. The van der Waals surface area contributed by atoms with Gasteiger partial charge in [-0.2, -0.15) is 0 Å². The monoisotopic (exact) mass is 1070 g/mol. The molecular weight excluding hydrogens is 983 g/mol. The second-order valence-corrected chi connectivity index (χ2v) is 22.5. The van der Waals surface area contributed by atoms with Crippen molar-refractivity contribution in [2.24, 2.45) is 35.1 Å². The molecule has 8 N–H and O–H groups in total. The van der Waals surface area contributed by atoms with Crippen LogP contribution in [0.3, 0.4) is 0 Å². The maximum atomic E-state index is 14.7. The summed E-state index contributed by atoms with van der Waals surface area (Å²) in [7, 11) is 6.63. The molecule has 1 aromatic carbocycles. The van der Waals surface area contributed by atoms with Crippen molar-refractivity contribution >= 4 is 70.0 Å². The Kier molecular flexibility index (Phi) is 24.5. The summed E-state index contributed by atoms with van der Waals surface area (Å²) in [6, 6.07) is 3.16. The van der Waals surface area contributed by atoms with Crippen LogP contribution in [0, 0.1) is 23.7 Å². The van der Waals surface area contributed by atoms with Crippen molar-refractivity contribution in [1.82, 2.24) is 35.2 Å². The molecule has 21 heteroatoms. The van der Waals surface area contributed by atoms with Gasteiger partial charge in [-0.1, -0.05) is 85.9 Å². The number of aliphatic carboxylic acids is 1. The number of aromatic nitrogens is 1. The van der Waals surface area contributed by atoms with Gasteiger partial charge in [-0.3, -0.25) is 48.2 Å². The first-order valence-corrected chi connectivity index (χ1v) is 27.7. The normalized spacial score (nSPS) is 19.7. The highest BCUT2D eigenvalue weighted by Gasteiger charge is 2.44. The molecule has 2 saturated heterocycles. The maximum Gasteiger partial charge on any atom is 0.321 e. The van der Waals surface area contributed by atoms with Crippen LogP contribution in [-0.4, -0.2) is 184 Å². The largest absolute Gasteiger partial charge is 0.480 e. The number of nitrogens with two attached hydrogens (primary N) is 2. The average molecular weight is 1070 g/mol. The number of methoxy groups -OCH3 is 2. The fraction of sp³-hybridized carbons (Fsp3) is 0.704. The predicted octanol–water partition coefficient (Wildman–Crippen LogP) is 3.53. The molecule has 20 nitrogen and oxygen atoms in total. The van der Waals surface area contributed by atoms with E-state index in [2.05, 4.69) is 15.6 Å². The quantitative estimate of drug-likeness (QED) is 0.0452. The number of unbranched alkanes of at least 4 members (excludes halogenated alkanes) is 3. The van der Waals surface area contributed by atoms with Crippen LogP contribution in [0.2, 0.25) is 0 Å². The second-order valence-electron chi connectivity index (χ2n) is 21.3. The molecule has 0 saturated carbocycles. The molecule has 0 radical (unpaired) electrons. The van der Waals surface area contributed by atoms with Crippen LogP contribution in [-0.2, 0) is 54.3 Å². The Hall–Kier alpha value is -5.09. The molecule has 2 aliphatic heterocycles. The minimum Gasteiger partial charge on any atom is -0.480 e. The van der Waals surface area contributed by atoms with Crippen LogP contribution < -0.4 is 22.1 Å². The number of rotatable bonds is 32. The van der Waals surface area contributed by atoms with Crippen LogP contribution in [0.15, 0.2) is 30.5 Å². The second kappa shape index (κ2) is 29.4. The number of H-pyrrole nitrogens is 1. The van der Waals surface area contributed by atoms with Gasteiger partial charge < -0.3 is 51.5 Å². The van der Waals surface area contributed by atoms with Gasteiger partial charge in [0.15, 0.2) is 0 Å². The highest BCUT2D eigenvalue weighted by atomic mass is 32.2. The molecule has 0 aliphatic carbocycles. The van der Waals surface area contributed by atoms with E-state index in [1.807, 2.05) is 77.8 Å². The number of likely N-dealkylation sites (N-methyl/N-ethyl adjacent to an activating group) is 2. The molecule has 10 unspecified atom stereocenters. The molecule has 7 amide bonds. The molecule has 2 fully saturated rings. The van der Waals surface area contributed by atoms with Crippen molar-refractivity contribution < 1.29 is 52.9 Å². The van der Waals surface area contributed by atoms with Gasteiger partial charge in [0.25, 0.3) is 0 Å². The Labute approximate surface area is 447 Å². The number of carboxylic acids is 1. The molecule has 2 aliphatic rings. The Morgan fingerprint density at radius 1 is 0.933 bits per heavy atom. The first-order valence-electron chi connectivity index (χ1n) is 26.7. The van der Waals surface area contributed by atoms with E-state index >= 15 is 0 Å². The zero-order valence-electron chi connectivity index (χ0n) is 46.2. The molecule has 0 bridgehead atoms. The number of nitrogens with zero attached hydrogens (tertiary/aromatic N) is 4. The number of likely N-dealkylation sites (tertiary alicyclic amines) is 2. The summed E-state index contributed by atoms with van der Waals surface area (Å²) in [5.41, 5.74) is 13.1. The van der Waals surface area contributed by atoms with Gasteiger partial charge in [0.2, 0.25) is 41.4 Å². The zero-order valence-corrected chi connectivity index (χ0v) is 47.0. The van der Waals surface area contributed by atoms with E-state index in [-0.39, 0.29) is 78.8 Å². The molecule has 2 aromatic rings. The number of thioether (sulfide) groups is 1. The number of hydrogen-bond donors (Lipinski definition) is 6. The van der Waals surface area contributed by atoms with Crippen LogP contribution in [0.25, 0.3) is 10.9 Å². The number of hydrogen-bond acceptors (Lipinski definition) is 13. The van der Waals surface area contributed by atoms with Crippen molar-refractivity contribution in [3.63, 3.8) is 0 Å². The number of benzene rings is 1. The fourth-order valence-electron chi connectivity index (χ4n) is 10.8. The molecule has 1 aromatic heterocycles. The Balaban J connectivity index is 1.36. The van der Waals surface area contributed by atoms with E-state index in [1.165, 1.54) is 19.1 Å². The van der Waals surface area contributed by atoms with Gasteiger partial charge in [-0.25, -0.2) is 0 Å². The number of para-hydroxylation sites is 1. The number of fused-ring (bicyclic) bond motifs is 1. The highest BCUT2D eigenvalue weighted by Crippen LogP contribution is 2.31. The number of amides is 7. The summed E-state index contributed by atoms with van der Waals surface area (Å²) in [4.78, 5) is 116. The topological polar surface area (TPSA) is 280 Å². The van der Waals surface area contributed by atoms with E-state index < -0.39 is 77.4 Å². The van der Waals surface area contributed by atoms with E-state index in [9.17, 15) is 38.4 Å². The number of carbonyl (C=O) groups excluding carboxylic acids is 7. The summed E-state index contributed by atoms with van der Waals surface area (Å²) < 4.78 is 12.1. The van der Waals surface area contributed by atoms with Gasteiger partial charge in [0.05, 0.1) is 47.9 Å². The third-order valence-electron chi connectivity index (χ3n) is 15.3. The average Bonchev–Trinajstić information content (AvgIpc) is 4.09. The lowest BCUT2D eigenvalue weighted by atomic mass is 9.89. The molecule has 420 valence electrons. The van der Waals surface area contributed by atoms with E-state index in [1.54, 1.807) is 30.0 Å². The maximum absolute atomic E-state index is 14.7. The summed E-state index contributed by atoms with van der Waals surface area (Å²) >= 11 is 1.10. The molecule has 0 spiro atoms. The van der Waals surface area contributed by atoms with E-state index in [0.29, 0.717) is 38.8 Å². The van der Waals surface area contributed by atoms with Crippen molar-refractivity contribution in [2.45, 2.75) is 166 Å². The minimum absolute atomic E-state index is 0.0327. The smallest absolute Gasteiger partial charge is 0.321 e. The van der Waals surface area contributed by atoms with Crippen LogP contribution in [0.5, 0.6) is 0 Å². The Bertz CT molecular complexity index is 2260. The molecule has 11 atom stereocenters. The van der Waals surface area contributed by atoms with Crippen LogP contribution in [0.4, 0.5) is 0 Å².